The molecule has 1 aromatic rings. The molecule has 0 spiro atoms. The summed E-state index contributed by atoms with van der Waals surface area (Å²) in [6.45, 7) is 3.08. The fraction of sp³-hybridized carbons (Fsp3) is 0.455. The molecule has 7 heteroatoms. The largest absolute Gasteiger partial charge is 0.452 e. The van der Waals surface area contributed by atoms with Crippen LogP contribution in [-0.2, 0) is 16.6 Å². The number of sulfonamides is 1. The summed E-state index contributed by atoms with van der Waals surface area (Å²) in [4.78, 5) is 0.149. The Hall–Kier alpha value is -0.630. The quantitative estimate of drug-likeness (QED) is 0.855. The van der Waals surface area contributed by atoms with Crippen LogP contribution in [0.4, 0.5) is 0 Å². The fourth-order valence-corrected chi connectivity index (χ4v) is 4.13. The third-order valence-corrected chi connectivity index (χ3v) is 5.65. The summed E-state index contributed by atoms with van der Waals surface area (Å²) in [6, 6.07) is 1.48. The molecule has 0 saturated carbocycles. The van der Waals surface area contributed by atoms with Crippen molar-refractivity contribution in [3.05, 3.63) is 28.1 Å². The minimum atomic E-state index is -3.51. The maximum atomic E-state index is 12.4. The van der Waals surface area contributed by atoms with Gasteiger partial charge in [0.25, 0.3) is 0 Å². The van der Waals surface area contributed by atoms with Crippen molar-refractivity contribution in [2.75, 3.05) is 13.1 Å². The summed E-state index contributed by atoms with van der Waals surface area (Å²) in [5.74, 6) is 0.448. The second-order valence-corrected chi connectivity index (χ2v) is 6.84. The van der Waals surface area contributed by atoms with Gasteiger partial charge in [0, 0.05) is 19.2 Å². The Bertz CT molecular complexity index is 577. The number of nitrogens with zero attached hydrogens (tertiary/aromatic N) is 1. The molecule has 18 heavy (non-hydrogen) atoms. The van der Waals surface area contributed by atoms with Crippen LogP contribution in [0.1, 0.15) is 19.1 Å². The molecule has 2 heterocycles. The highest BCUT2D eigenvalue weighted by Gasteiger charge is 2.29. The Morgan fingerprint density at radius 2 is 2.28 bits per heavy atom. The van der Waals surface area contributed by atoms with Crippen LogP contribution < -0.4 is 5.73 Å². The maximum absolute atomic E-state index is 12.4. The number of rotatable bonds is 3. The Balaban J connectivity index is 2.33. The summed E-state index contributed by atoms with van der Waals surface area (Å²) >= 11 is 3.13. The topological polar surface area (TPSA) is 76.5 Å². The zero-order chi connectivity index (χ0) is 13.3. The Morgan fingerprint density at radius 1 is 1.56 bits per heavy atom. The van der Waals surface area contributed by atoms with Crippen molar-refractivity contribution in [1.82, 2.24) is 4.31 Å². The average Bonchev–Trinajstić information content (AvgIpc) is 2.72. The van der Waals surface area contributed by atoms with Gasteiger partial charge in [-0.2, -0.15) is 4.31 Å². The molecule has 0 unspecified atom stereocenters. The lowest BCUT2D eigenvalue weighted by Gasteiger charge is -2.24. The second kappa shape index (κ2) is 5.16. The van der Waals surface area contributed by atoms with Crippen molar-refractivity contribution in [2.45, 2.75) is 24.8 Å². The first-order chi connectivity index (χ1) is 8.45. The van der Waals surface area contributed by atoms with E-state index < -0.39 is 10.0 Å². The van der Waals surface area contributed by atoms with Crippen LogP contribution in [-0.4, -0.2) is 25.8 Å². The molecule has 0 saturated heterocycles. The monoisotopic (exact) mass is 334 g/mol. The van der Waals surface area contributed by atoms with Crippen molar-refractivity contribution in [2.24, 2.45) is 5.73 Å². The minimum Gasteiger partial charge on any atom is -0.452 e. The molecular weight excluding hydrogens is 320 g/mol. The molecule has 0 atom stereocenters. The van der Waals surface area contributed by atoms with Crippen LogP contribution in [0.3, 0.4) is 0 Å². The summed E-state index contributed by atoms with van der Waals surface area (Å²) < 4.78 is 31.7. The van der Waals surface area contributed by atoms with E-state index in [4.69, 9.17) is 10.2 Å². The molecule has 0 aliphatic carbocycles. The van der Waals surface area contributed by atoms with Crippen LogP contribution in [0.2, 0.25) is 0 Å². The summed E-state index contributed by atoms with van der Waals surface area (Å²) in [5, 5.41) is 0. The predicted octanol–water partition coefficient (Wildman–Crippen LogP) is 1.84. The number of hydrogen-bond acceptors (Lipinski definition) is 4. The Morgan fingerprint density at radius 3 is 2.78 bits per heavy atom. The highest BCUT2D eigenvalue weighted by Crippen LogP contribution is 2.29. The van der Waals surface area contributed by atoms with Gasteiger partial charge in [-0.15, -0.1) is 0 Å². The summed E-state index contributed by atoms with van der Waals surface area (Å²) in [5.41, 5.74) is 6.66. The molecule has 0 radical (unpaired) electrons. The van der Waals surface area contributed by atoms with Crippen molar-refractivity contribution < 1.29 is 12.8 Å². The Kier molecular flexibility index (Phi) is 3.96. The van der Waals surface area contributed by atoms with E-state index in [1.165, 1.54) is 15.9 Å². The normalized spacial score (nSPS) is 17.8. The zero-order valence-electron chi connectivity index (χ0n) is 10.0. The molecule has 1 aliphatic rings. The van der Waals surface area contributed by atoms with Crippen LogP contribution in [0.5, 0.6) is 0 Å². The van der Waals surface area contributed by atoms with E-state index in [0.717, 1.165) is 6.42 Å². The minimum absolute atomic E-state index is 0.149. The molecule has 2 N–H and O–H groups in total. The first kappa shape index (κ1) is 13.8. The van der Waals surface area contributed by atoms with Gasteiger partial charge >= 0.3 is 0 Å². The molecule has 2 rings (SSSR count). The molecule has 100 valence electrons. The summed E-state index contributed by atoms with van der Waals surface area (Å²) in [6.07, 6.45) is 2.69. The SMILES string of the molecule is CC1=CCN(S(=O)(=O)c2cc(CN)oc2Br)CC1. The van der Waals surface area contributed by atoms with Crippen LogP contribution in [0.15, 0.2) is 31.7 Å². The number of hydrogen-bond donors (Lipinski definition) is 1. The highest BCUT2D eigenvalue weighted by molar-refractivity contribution is 9.10. The predicted molar refractivity (Wildman–Crippen MR) is 71.4 cm³/mol. The van der Waals surface area contributed by atoms with E-state index in [2.05, 4.69) is 15.9 Å². The molecular formula is C11H15BrN2O3S. The van der Waals surface area contributed by atoms with Crippen molar-refractivity contribution in [3.63, 3.8) is 0 Å². The maximum Gasteiger partial charge on any atom is 0.247 e. The molecule has 0 aromatic carbocycles. The van der Waals surface area contributed by atoms with Crippen LogP contribution in [0, 0.1) is 0 Å². The van der Waals surface area contributed by atoms with Gasteiger partial charge in [0.15, 0.2) is 4.67 Å². The van der Waals surface area contributed by atoms with Crippen molar-refractivity contribution in [1.29, 1.82) is 0 Å². The van der Waals surface area contributed by atoms with E-state index in [0.29, 0.717) is 18.8 Å². The number of halogens is 1. The third-order valence-electron chi connectivity index (χ3n) is 2.92. The molecule has 0 bridgehead atoms. The van der Waals surface area contributed by atoms with E-state index in [1.54, 1.807) is 0 Å². The van der Waals surface area contributed by atoms with Gasteiger partial charge in [-0.05, 0) is 29.3 Å². The zero-order valence-corrected chi connectivity index (χ0v) is 12.4. The molecule has 1 aliphatic heterocycles. The first-order valence-electron chi connectivity index (χ1n) is 5.59. The van der Waals surface area contributed by atoms with E-state index >= 15 is 0 Å². The van der Waals surface area contributed by atoms with Gasteiger partial charge in [0.2, 0.25) is 10.0 Å². The third kappa shape index (κ3) is 2.54. The van der Waals surface area contributed by atoms with Gasteiger partial charge < -0.3 is 10.2 Å². The lowest BCUT2D eigenvalue weighted by molar-refractivity contribution is 0.428. The van der Waals surface area contributed by atoms with E-state index in [1.807, 2.05) is 13.0 Å². The first-order valence-corrected chi connectivity index (χ1v) is 7.82. The van der Waals surface area contributed by atoms with Gasteiger partial charge in [-0.1, -0.05) is 11.6 Å². The van der Waals surface area contributed by atoms with E-state index in [9.17, 15) is 8.42 Å². The van der Waals surface area contributed by atoms with Crippen molar-refractivity contribution in [3.8, 4) is 0 Å². The number of furan rings is 1. The standard InChI is InChI=1S/C11H15BrN2O3S/c1-8-2-4-14(5-3-8)18(15,16)10-6-9(7-13)17-11(10)12/h2,6H,3-5,7,13H2,1H3. The van der Waals surface area contributed by atoms with E-state index in [-0.39, 0.29) is 16.1 Å². The molecule has 0 amide bonds. The highest BCUT2D eigenvalue weighted by atomic mass is 79.9. The van der Waals surface area contributed by atoms with Gasteiger partial charge in [0.1, 0.15) is 10.7 Å². The van der Waals surface area contributed by atoms with Gasteiger partial charge in [0.05, 0.1) is 6.54 Å². The van der Waals surface area contributed by atoms with Crippen LogP contribution in [0.25, 0.3) is 0 Å². The fourth-order valence-electron chi connectivity index (χ4n) is 1.78. The Labute approximate surface area is 115 Å². The summed E-state index contributed by atoms with van der Waals surface area (Å²) in [7, 11) is -3.51. The average molecular weight is 335 g/mol. The van der Waals surface area contributed by atoms with Crippen molar-refractivity contribution >= 4 is 26.0 Å². The second-order valence-electron chi connectivity index (χ2n) is 4.22. The smallest absolute Gasteiger partial charge is 0.247 e. The number of nitrogens with two attached hydrogens (primary N) is 1. The lowest BCUT2D eigenvalue weighted by Crippen LogP contribution is -2.34. The van der Waals surface area contributed by atoms with Crippen LogP contribution >= 0.6 is 15.9 Å². The molecule has 1 aromatic heterocycles. The van der Waals surface area contributed by atoms with Gasteiger partial charge in [-0.25, -0.2) is 8.42 Å². The molecule has 0 fully saturated rings. The molecule has 5 nitrogen and oxygen atoms in total. The van der Waals surface area contributed by atoms with Gasteiger partial charge in [-0.3, -0.25) is 0 Å². The lowest BCUT2D eigenvalue weighted by atomic mass is 10.1.